The first kappa shape index (κ1) is 16.1. The zero-order chi connectivity index (χ0) is 16.2. The lowest BCUT2D eigenvalue weighted by atomic mass is 10.1. The van der Waals surface area contributed by atoms with E-state index in [4.69, 9.17) is 16.3 Å². The van der Waals surface area contributed by atoms with Crippen molar-refractivity contribution in [1.29, 1.82) is 0 Å². The van der Waals surface area contributed by atoms with Crippen LogP contribution in [0.3, 0.4) is 0 Å². The number of hydrogen-bond donors (Lipinski definition) is 0. The van der Waals surface area contributed by atoms with Crippen LogP contribution in [-0.2, 0) is 4.74 Å². The number of ether oxygens (including phenoxy) is 1. The van der Waals surface area contributed by atoms with E-state index < -0.39 is 5.60 Å². The quantitative estimate of drug-likeness (QED) is 0.457. The van der Waals surface area contributed by atoms with E-state index in [0.717, 1.165) is 34.3 Å². The fourth-order valence-electron chi connectivity index (χ4n) is 2.92. The lowest BCUT2D eigenvalue weighted by Gasteiger charge is -2.37. The first-order chi connectivity index (χ1) is 10.2. The summed E-state index contributed by atoms with van der Waals surface area (Å²) in [6.07, 6.45) is 0.575. The van der Waals surface area contributed by atoms with E-state index in [1.165, 1.54) is 0 Å². The van der Waals surface area contributed by atoms with Crippen LogP contribution in [0.1, 0.15) is 32.8 Å². The van der Waals surface area contributed by atoms with E-state index >= 15 is 0 Å². The molecule has 3 heterocycles. The molecular weight excluding hydrogens is 417 g/mol. The van der Waals surface area contributed by atoms with Crippen molar-refractivity contribution >= 4 is 51.8 Å². The summed E-state index contributed by atoms with van der Waals surface area (Å²) in [5, 5.41) is 0.444. The normalized spacial score (nSPS) is 20.2. The van der Waals surface area contributed by atoms with Gasteiger partial charge in [-0.2, -0.15) is 0 Å². The van der Waals surface area contributed by atoms with Gasteiger partial charge >= 0.3 is 6.09 Å². The topological polar surface area (TPSA) is 45.7 Å². The molecule has 1 unspecified atom stereocenters. The summed E-state index contributed by atoms with van der Waals surface area (Å²) in [6.45, 7) is 9.32. The van der Waals surface area contributed by atoms with Crippen LogP contribution in [0, 0.1) is 10.5 Å². The molecule has 0 spiro atoms. The van der Waals surface area contributed by atoms with Gasteiger partial charge in [-0.05, 0) is 56.7 Å². The molecule has 1 aromatic rings. The molecule has 7 heteroatoms. The van der Waals surface area contributed by atoms with E-state index in [-0.39, 0.29) is 12.1 Å². The molecule has 1 saturated heterocycles. The molecule has 1 fully saturated rings. The van der Waals surface area contributed by atoms with E-state index in [9.17, 15) is 4.79 Å². The molecule has 120 valence electrons. The third-order valence-corrected chi connectivity index (χ3v) is 5.61. The molecule has 2 bridgehead atoms. The predicted octanol–water partition coefficient (Wildman–Crippen LogP) is 3.98. The molecule has 0 N–H and O–H groups in total. The fourth-order valence-corrected chi connectivity index (χ4v) is 4.09. The molecule has 1 aromatic heterocycles. The van der Waals surface area contributed by atoms with E-state index in [0.29, 0.717) is 11.0 Å². The van der Waals surface area contributed by atoms with Gasteiger partial charge in [-0.15, -0.1) is 0 Å². The van der Waals surface area contributed by atoms with Crippen molar-refractivity contribution in [2.45, 2.75) is 45.8 Å². The first-order valence-corrected chi connectivity index (χ1v) is 8.77. The van der Waals surface area contributed by atoms with Crippen LogP contribution in [0.15, 0.2) is 0 Å². The third-order valence-electron chi connectivity index (χ3n) is 3.93. The fraction of sp³-hybridized carbons (Fsp3) is 0.600. The molecule has 0 saturated carbocycles. The summed E-state index contributed by atoms with van der Waals surface area (Å²) in [6, 6.07) is 0.101. The Bertz CT molecular complexity index is 645. The van der Waals surface area contributed by atoms with Crippen molar-refractivity contribution < 1.29 is 9.53 Å². The number of amides is 1. The maximum atomic E-state index is 12.7. The number of nitrogens with zero attached hydrogens (tertiary/aromatic N) is 3. The molecule has 5 nitrogen and oxygen atoms in total. The van der Waals surface area contributed by atoms with Gasteiger partial charge in [0.05, 0.1) is 11.7 Å². The summed E-state index contributed by atoms with van der Waals surface area (Å²) in [7, 11) is 0. The number of hydrogen-bond acceptors (Lipinski definition) is 4. The first-order valence-electron chi connectivity index (χ1n) is 7.32. The highest BCUT2D eigenvalue weighted by Gasteiger charge is 2.43. The van der Waals surface area contributed by atoms with Crippen molar-refractivity contribution in [2.24, 2.45) is 0 Å². The Labute approximate surface area is 149 Å². The molecule has 1 atom stereocenters. The molecule has 2 aliphatic heterocycles. The van der Waals surface area contributed by atoms with Gasteiger partial charge in [-0.1, -0.05) is 11.6 Å². The average Bonchev–Trinajstić information content (AvgIpc) is 2.78. The Balaban J connectivity index is 2.09. The summed E-state index contributed by atoms with van der Waals surface area (Å²) in [5.74, 6) is 0.628. The maximum Gasteiger partial charge on any atom is 0.416 e. The Kier molecular flexibility index (Phi) is 3.96. The Hall–Kier alpha value is -0.760. The molecular formula is C15H19ClIN3O2. The van der Waals surface area contributed by atoms with Gasteiger partial charge in [0.1, 0.15) is 10.8 Å². The largest absolute Gasteiger partial charge is 0.443 e. The Morgan fingerprint density at radius 1 is 1.45 bits per heavy atom. The molecule has 0 radical (unpaired) electrons. The van der Waals surface area contributed by atoms with Gasteiger partial charge in [-0.3, -0.25) is 4.90 Å². The highest BCUT2D eigenvalue weighted by Crippen LogP contribution is 2.44. The zero-order valence-electron chi connectivity index (χ0n) is 13.1. The van der Waals surface area contributed by atoms with Gasteiger partial charge < -0.3 is 9.64 Å². The standard InChI is InChI=1S/C15H19ClIN3O2/c1-8-10(17)11-13(18-12(8)16)20(9-5-6-19(11)7-9)14(21)22-15(2,3)4/h9H,5-7H2,1-4H3. The van der Waals surface area contributed by atoms with Gasteiger partial charge in [0.25, 0.3) is 0 Å². The van der Waals surface area contributed by atoms with Gasteiger partial charge in [0, 0.05) is 22.2 Å². The van der Waals surface area contributed by atoms with E-state index in [1.54, 1.807) is 4.90 Å². The number of halogens is 2. The number of anilines is 2. The molecule has 2 aliphatic rings. The van der Waals surface area contributed by atoms with Crippen molar-refractivity contribution in [1.82, 2.24) is 4.98 Å². The highest BCUT2D eigenvalue weighted by atomic mass is 127. The van der Waals surface area contributed by atoms with Gasteiger partial charge in [0.2, 0.25) is 0 Å². The van der Waals surface area contributed by atoms with Crippen molar-refractivity contribution in [3.63, 3.8) is 0 Å². The minimum atomic E-state index is -0.533. The summed E-state index contributed by atoms with van der Waals surface area (Å²) >= 11 is 8.54. The highest BCUT2D eigenvalue weighted by molar-refractivity contribution is 14.1. The van der Waals surface area contributed by atoms with E-state index in [2.05, 4.69) is 32.5 Å². The second-order valence-electron chi connectivity index (χ2n) is 6.75. The van der Waals surface area contributed by atoms with Crippen molar-refractivity contribution in [3.05, 3.63) is 14.3 Å². The Morgan fingerprint density at radius 2 is 2.14 bits per heavy atom. The summed E-state index contributed by atoms with van der Waals surface area (Å²) in [5.41, 5.74) is 1.42. The van der Waals surface area contributed by atoms with Gasteiger partial charge in [-0.25, -0.2) is 9.78 Å². The number of carbonyl (C=O) groups is 1. The smallest absolute Gasteiger partial charge is 0.416 e. The lowest BCUT2D eigenvalue weighted by Crippen LogP contribution is -2.48. The number of carbonyl (C=O) groups excluding carboxylic acids is 1. The SMILES string of the molecule is Cc1c(Cl)nc2c(c1I)N1CCC(C1)N2C(=O)OC(C)(C)C. The lowest BCUT2D eigenvalue weighted by molar-refractivity contribution is 0.0566. The molecule has 0 aliphatic carbocycles. The van der Waals surface area contributed by atoms with Crippen LogP contribution in [0.2, 0.25) is 5.15 Å². The minimum Gasteiger partial charge on any atom is -0.443 e. The number of fused-ring (bicyclic) bond motifs is 4. The monoisotopic (exact) mass is 435 g/mol. The van der Waals surface area contributed by atoms with Crippen LogP contribution < -0.4 is 9.80 Å². The molecule has 22 heavy (non-hydrogen) atoms. The maximum absolute atomic E-state index is 12.7. The van der Waals surface area contributed by atoms with Crippen molar-refractivity contribution in [3.8, 4) is 0 Å². The van der Waals surface area contributed by atoms with Crippen LogP contribution in [0.4, 0.5) is 16.3 Å². The predicted molar refractivity (Wildman–Crippen MR) is 96.0 cm³/mol. The number of rotatable bonds is 0. The molecule has 0 aromatic carbocycles. The van der Waals surface area contributed by atoms with E-state index in [1.807, 2.05) is 27.7 Å². The minimum absolute atomic E-state index is 0.101. The number of aromatic nitrogens is 1. The van der Waals surface area contributed by atoms with Crippen molar-refractivity contribution in [2.75, 3.05) is 22.9 Å². The summed E-state index contributed by atoms with van der Waals surface area (Å²) in [4.78, 5) is 21.1. The Morgan fingerprint density at radius 3 is 2.77 bits per heavy atom. The van der Waals surface area contributed by atoms with Gasteiger partial charge in [0.15, 0.2) is 5.82 Å². The average molecular weight is 436 g/mol. The summed E-state index contributed by atoms with van der Waals surface area (Å²) < 4.78 is 6.63. The second-order valence-corrected chi connectivity index (χ2v) is 8.19. The second kappa shape index (κ2) is 5.40. The van der Waals surface area contributed by atoms with Crippen LogP contribution in [0.5, 0.6) is 0 Å². The van der Waals surface area contributed by atoms with Crippen LogP contribution in [-0.4, -0.2) is 35.8 Å². The molecule has 1 amide bonds. The molecule has 3 rings (SSSR count). The number of pyridine rings is 1. The zero-order valence-corrected chi connectivity index (χ0v) is 16.0. The third kappa shape index (κ3) is 2.64. The van der Waals surface area contributed by atoms with Crippen LogP contribution >= 0.6 is 34.2 Å². The van der Waals surface area contributed by atoms with Crippen LogP contribution in [0.25, 0.3) is 0 Å².